The first kappa shape index (κ1) is 14.1. The van der Waals surface area contributed by atoms with E-state index in [1.54, 1.807) is 0 Å². The zero-order valence-corrected chi connectivity index (χ0v) is 12.2. The standard InChI is InChI=1S/C15H25N3O/c1-11-4-5-12(16)13(18-11)17-10-15(19)8-6-14(2,3)7-9-15/h4-5,19H,6-10,16H2,1-3H3,(H,17,18). The summed E-state index contributed by atoms with van der Waals surface area (Å²) >= 11 is 0. The van der Waals surface area contributed by atoms with E-state index in [9.17, 15) is 5.11 Å². The molecule has 1 aromatic heterocycles. The summed E-state index contributed by atoms with van der Waals surface area (Å²) in [7, 11) is 0. The molecule has 0 aliphatic heterocycles. The fourth-order valence-electron chi connectivity index (χ4n) is 2.53. The van der Waals surface area contributed by atoms with E-state index in [-0.39, 0.29) is 0 Å². The van der Waals surface area contributed by atoms with Crippen molar-refractivity contribution in [2.24, 2.45) is 5.41 Å². The number of aryl methyl sites for hydroxylation is 1. The predicted molar refractivity (Wildman–Crippen MR) is 79.1 cm³/mol. The van der Waals surface area contributed by atoms with Gasteiger partial charge in [-0.05, 0) is 50.2 Å². The summed E-state index contributed by atoms with van der Waals surface area (Å²) in [6.07, 6.45) is 3.78. The first-order valence-electron chi connectivity index (χ1n) is 6.99. The predicted octanol–water partition coefficient (Wildman–Crippen LogP) is 2.72. The minimum absolute atomic E-state index is 0.354. The Labute approximate surface area is 115 Å². The molecule has 0 bridgehead atoms. The van der Waals surface area contributed by atoms with Crippen LogP contribution < -0.4 is 11.1 Å². The van der Waals surface area contributed by atoms with E-state index in [2.05, 4.69) is 24.1 Å². The third-order valence-electron chi connectivity index (χ3n) is 4.18. The second-order valence-corrected chi connectivity index (χ2v) is 6.63. The Kier molecular flexibility index (Phi) is 3.72. The number of nitrogens with two attached hydrogens (primary N) is 1. The van der Waals surface area contributed by atoms with Gasteiger partial charge in [0.2, 0.25) is 0 Å². The van der Waals surface area contributed by atoms with Gasteiger partial charge in [-0.3, -0.25) is 0 Å². The van der Waals surface area contributed by atoms with Gasteiger partial charge in [0.1, 0.15) is 5.82 Å². The average molecular weight is 263 g/mol. The van der Waals surface area contributed by atoms with Crippen LogP contribution in [0.2, 0.25) is 0 Å². The van der Waals surface area contributed by atoms with Crippen LogP contribution in [0.1, 0.15) is 45.2 Å². The molecule has 19 heavy (non-hydrogen) atoms. The smallest absolute Gasteiger partial charge is 0.149 e. The molecule has 0 atom stereocenters. The number of aromatic nitrogens is 1. The molecule has 1 aromatic rings. The van der Waals surface area contributed by atoms with Gasteiger partial charge in [0.15, 0.2) is 0 Å². The molecule has 2 rings (SSSR count). The lowest BCUT2D eigenvalue weighted by Crippen LogP contribution is -2.42. The van der Waals surface area contributed by atoms with Crippen LogP contribution in [0.5, 0.6) is 0 Å². The fourth-order valence-corrected chi connectivity index (χ4v) is 2.53. The number of rotatable bonds is 3. The van der Waals surface area contributed by atoms with Gasteiger partial charge < -0.3 is 16.2 Å². The second-order valence-electron chi connectivity index (χ2n) is 6.63. The van der Waals surface area contributed by atoms with Gasteiger partial charge >= 0.3 is 0 Å². The van der Waals surface area contributed by atoms with E-state index in [0.29, 0.717) is 23.5 Å². The van der Waals surface area contributed by atoms with Crippen LogP contribution in [-0.4, -0.2) is 22.2 Å². The van der Waals surface area contributed by atoms with E-state index in [4.69, 9.17) is 5.73 Å². The summed E-state index contributed by atoms with van der Waals surface area (Å²) in [5.74, 6) is 0.679. The Hall–Kier alpha value is -1.29. The molecule has 0 amide bonds. The highest BCUT2D eigenvalue weighted by atomic mass is 16.3. The van der Waals surface area contributed by atoms with Crippen molar-refractivity contribution in [3.05, 3.63) is 17.8 Å². The minimum atomic E-state index is -0.632. The third kappa shape index (κ3) is 3.60. The van der Waals surface area contributed by atoms with Gasteiger partial charge in [-0.15, -0.1) is 0 Å². The molecule has 1 aliphatic rings. The molecule has 1 aliphatic carbocycles. The number of nitrogen functional groups attached to an aromatic ring is 1. The van der Waals surface area contributed by atoms with Crippen molar-refractivity contribution in [1.82, 2.24) is 4.98 Å². The largest absolute Gasteiger partial charge is 0.396 e. The van der Waals surface area contributed by atoms with Gasteiger partial charge in [0, 0.05) is 12.2 Å². The molecular formula is C15H25N3O. The summed E-state index contributed by atoms with van der Waals surface area (Å²) in [5.41, 5.74) is 7.16. The quantitative estimate of drug-likeness (QED) is 0.784. The monoisotopic (exact) mass is 263 g/mol. The van der Waals surface area contributed by atoms with Crippen molar-refractivity contribution in [2.75, 3.05) is 17.6 Å². The molecule has 1 saturated carbocycles. The zero-order chi connectivity index (χ0) is 14.1. The fraction of sp³-hybridized carbons (Fsp3) is 0.667. The molecular weight excluding hydrogens is 238 g/mol. The van der Waals surface area contributed by atoms with Crippen LogP contribution in [0.15, 0.2) is 12.1 Å². The summed E-state index contributed by atoms with van der Waals surface area (Å²) in [4.78, 5) is 4.37. The summed E-state index contributed by atoms with van der Waals surface area (Å²) < 4.78 is 0. The molecule has 106 valence electrons. The number of anilines is 2. The van der Waals surface area contributed by atoms with Gasteiger partial charge in [0.25, 0.3) is 0 Å². The lowest BCUT2D eigenvalue weighted by Gasteiger charge is -2.40. The Bertz CT molecular complexity index is 447. The second kappa shape index (κ2) is 5.00. The van der Waals surface area contributed by atoms with Crippen LogP contribution in [0, 0.1) is 12.3 Å². The van der Waals surface area contributed by atoms with Crippen LogP contribution in [0.3, 0.4) is 0 Å². The highest BCUT2D eigenvalue weighted by molar-refractivity contribution is 5.61. The van der Waals surface area contributed by atoms with Crippen LogP contribution >= 0.6 is 0 Å². The van der Waals surface area contributed by atoms with Crippen molar-refractivity contribution in [2.45, 2.75) is 52.1 Å². The van der Waals surface area contributed by atoms with E-state index >= 15 is 0 Å². The molecule has 1 fully saturated rings. The van der Waals surface area contributed by atoms with E-state index in [1.807, 2.05) is 19.1 Å². The number of nitrogens with one attached hydrogen (secondary N) is 1. The first-order chi connectivity index (χ1) is 8.80. The molecule has 4 N–H and O–H groups in total. The molecule has 0 aromatic carbocycles. The maximum Gasteiger partial charge on any atom is 0.149 e. The maximum absolute atomic E-state index is 10.6. The first-order valence-corrected chi connectivity index (χ1v) is 6.99. The highest BCUT2D eigenvalue weighted by Crippen LogP contribution is 2.40. The van der Waals surface area contributed by atoms with Gasteiger partial charge in [-0.2, -0.15) is 0 Å². The number of nitrogens with zero attached hydrogens (tertiary/aromatic N) is 1. The van der Waals surface area contributed by atoms with Crippen LogP contribution in [0.4, 0.5) is 11.5 Å². The summed E-state index contributed by atoms with van der Waals surface area (Å²) in [6.45, 7) is 6.98. The number of aliphatic hydroxyl groups is 1. The van der Waals surface area contributed by atoms with Crippen molar-refractivity contribution >= 4 is 11.5 Å². The minimum Gasteiger partial charge on any atom is -0.396 e. The van der Waals surface area contributed by atoms with Crippen LogP contribution in [0.25, 0.3) is 0 Å². The van der Waals surface area contributed by atoms with Crippen LogP contribution in [-0.2, 0) is 0 Å². The zero-order valence-electron chi connectivity index (χ0n) is 12.2. The van der Waals surface area contributed by atoms with E-state index < -0.39 is 5.60 Å². The molecule has 4 heteroatoms. The Balaban J connectivity index is 1.97. The maximum atomic E-state index is 10.6. The Morgan fingerprint density at radius 3 is 2.53 bits per heavy atom. The molecule has 0 spiro atoms. The normalized spacial score (nSPS) is 21.1. The average Bonchev–Trinajstić information content (AvgIpc) is 2.35. The molecule has 0 radical (unpaired) electrons. The third-order valence-corrected chi connectivity index (χ3v) is 4.18. The van der Waals surface area contributed by atoms with E-state index in [0.717, 1.165) is 31.4 Å². The molecule has 0 saturated heterocycles. The molecule has 0 unspecified atom stereocenters. The van der Waals surface area contributed by atoms with Gasteiger partial charge in [0.05, 0.1) is 11.3 Å². The highest BCUT2D eigenvalue weighted by Gasteiger charge is 2.36. The lowest BCUT2D eigenvalue weighted by atomic mass is 9.71. The number of hydrogen-bond donors (Lipinski definition) is 3. The van der Waals surface area contributed by atoms with Gasteiger partial charge in [-0.1, -0.05) is 13.8 Å². The number of hydrogen-bond acceptors (Lipinski definition) is 4. The Morgan fingerprint density at radius 2 is 1.89 bits per heavy atom. The van der Waals surface area contributed by atoms with Crippen molar-refractivity contribution in [3.8, 4) is 0 Å². The van der Waals surface area contributed by atoms with Crippen molar-refractivity contribution in [1.29, 1.82) is 0 Å². The number of pyridine rings is 1. The van der Waals surface area contributed by atoms with Crippen molar-refractivity contribution in [3.63, 3.8) is 0 Å². The van der Waals surface area contributed by atoms with Crippen molar-refractivity contribution < 1.29 is 5.11 Å². The van der Waals surface area contributed by atoms with Gasteiger partial charge in [-0.25, -0.2) is 4.98 Å². The molecule has 4 nitrogen and oxygen atoms in total. The summed E-state index contributed by atoms with van der Waals surface area (Å²) in [5, 5.41) is 13.8. The van der Waals surface area contributed by atoms with E-state index in [1.165, 1.54) is 0 Å². The lowest BCUT2D eigenvalue weighted by molar-refractivity contribution is -0.0145. The summed E-state index contributed by atoms with van der Waals surface area (Å²) in [6, 6.07) is 3.73. The molecule has 1 heterocycles. The SMILES string of the molecule is Cc1ccc(N)c(NCC2(O)CCC(C)(C)CC2)n1. The topological polar surface area (TPSA) is 71.2 Å². The Morgan fingerprint density at radius 1 is 1.26 bits per heavy atom.